The van der Waals surface area contributed by atoms with Gasteiger partial charge in [0.25, 0.3) is 5.56 Å². The number of nitrogens with zero attached hydrogens (tertiary/aromatic N) is 5. The van der Waals surface area contributed by atoms with Crippen molar-refractivity contribution in [3.05, 3.63) is 75.7 Å². The van der Waals surface area contributed by atoms with Crippen molar-refractivity contribution in [1.82, 2.24) is 24.1 Å². The molecule has 2 aromatic heterocycles. The minimum absolute atomic E-state index is 0.125. The van der Waals surface area contributed by atoms with Crippen LogP contribution in [0.3, 0.4) is 0 Å². The fourth-order valence-corrected chi connectivity index (χ4v) is 5.93. The molecule has 2 aliphatic carbocycles. The Bertz CT molecular complexity index is 1580. The molecule has 184 valence electrons. The minimum atomic E-state index is -0.129. The molecule has 1 fully saturated rings. The van der Waals surface area contributed by atoms with Crippen molar-refractivity contribution in [3.63, 3.8) is 0 Å². The van der Waals surface area contributed by atoms with Gasteiger partial charge in [-0.15, -0.1) is 10.2 Å². The van der Waals surface area contributed by atoms with Crippen molar-refractivity contribution in [2.75, 3.05) is 5.75 Å². The van der Waals surface area contributed by atoms with E-state index in [9.17, 15) is 9.59 Å². The number of para-hydroxylation sites is 1. The van der Waals surface area contributed by atoms with E-state index in [1.54, 1.807) is 4.57 Å². The fourth-order valence-electron chi connectivity index (χ4n) is 5.13. The average molecular weight is 500 g/mol. The molecular weight excluding hydrogens is 470 g/mol. The standard InChI is InChI=1S/C28H29N5O2S/c1-18-9-8-14-23(19(18)2)32-26(35)22-12-6-7-13-24(22)33-27(32)29-30-28(33)36-17-25(34)31(21-15-16-21)20-10-4-3-5-11-20/h6-10,12-14,21H,3-5,11,15-17H2,1-2H3. The second kappa shape index (κ2) is 9.24. The molecule has 7 nitrogen and oxygen atoms in total. The molecule has 0 unspecified atom stereocenters. The van der Waals surface area contributed by atoms with Gasteiger partial charge < -0.3 is 4.90 Å². The topological polar surface area (TPSA) is 72.5 Å². The summed E-state index contributed by atoms with van der Waals surface area (Å²) in [6, 6.07) is 13.8. The molecule has 0 radical (unpaired) electrons. The van der Waals surface area contributed by atoms with Crippen LogP contribution in [0.2, 0.25) is 0 Å². The summed E-state index contributed by atoms with van der Waals surface area (Å²) in [4.78, 5) is 29.1. The Morgan fingerprint density at radius 2 is 1.92 bits per heavy atom. The summed E-state index contributed by atoms with van der Waals surface area (Å²) in [7, 11) is 0. The number of carbonyl (C=O) groups is 1. The number of benzene rings is 2. The van der Waals surface area contributed by atoms with E-state index in [-0.39, 0.29) is 17.2 Å². The molecule has 0 saturated heterocycles. The molecule has 0 N–H and O–H groups in total. The first-order valence-corrected chi connectivity index (χ1v) is 13.6. The third kappa shape index (κ3) is 3.93. The highest BCUT2D eigenvalue weighted by atomic mass is 32.2. The van der Waals surface area contributed by atoms with Gasteiger partial charge in [0.2, 0.25) is 11.7 Å². The number of thioether (sulfide) groups is 1. The smallest absolute Gasteiger partial charge is 0.267 e. The van der Waals surface area contributed by atoms with E-state index in [4.69, 9.17) is 0 Å². The maximum atomic E-state index is 13.6. The SMILES string of the molecule is Cc1cccc(-n2c(=O)c3ccccc3n3c(SCC(=O)N(C4=CCCCC4)C4CC4)nnc23)c1C. The van der Waals surface area contributed by atoms with Gasteiger partial charge in [-0.3, -0.25) is 14.0 Å². The van der Waals surface area contributed by atoms with Gasteiger partial charge in [0.05, 0.1) is 22.3 Å². The highest BCUT2D eigenvalue weighted by Gasteiger charge is 2.35. The predicted octanol–water partition coefficient (Wildman–Crippen LogP) is 5.19. The van der Waals surface area contributed by atoms with Gasteiger partial charge in [-0.2, -0.15) is 0 Å². The van der Waals surface area contributed by atoms with Gasteiger partial charge in [0.15, 0.2) is 5.16 Å². The lowest BCUT2D eigenvalue weighted by Crippen LogP contribution is -2.34. The van der Waals surface area contributed by atoms with Gasteiger partial charge in [-0.25, -0.2) is 4.57 Å². The van der Waals surface area contributed by atoms with Crippen LogP contribution in [0.5, 0.6) is 0 Å². The van der Waals surface area contributed by atoms with E-state index in [0.717, 1.165) is 54.4 Å². The number of aromatic nitrogens is 4. The molecule has 1 amide bonds. The van der Waals surface area contributed by atoms with Gasteiger partial charge in [0, 0.05) is 11.7 Å². The summed E-state index contributed by atoms with van der Waals surface area (Å²) in [6.45, 7) is 4.05. The monoisotopic (exact) mass is 499 g/mol. The number of hydrogen-bond acceptors (Lipinski definition) is 5. The molecule has 0 atom stereocenters. The Hall–Kier alpha value is -3.39. The summed E-state index contributed by atoms with van der Waals surface area (Å²) in [5.74, 6) is 0.863. The van der Waals surface area contributed by atoms with E-state index in [0.29, 0.717) is 22.4 Å². The molecule has 1 saturated carbocycles. The zero-order chi connectivity index (χ0) is 24.8. The summed E-state index contributed by atoms with van der Waals surface area (Å²) in [6.07, 6.45) is 8.78. The molecular formula is C28H29N5O2S. The van der Waals surface area contributed by atoms with E-state index in [1.165, 1.54) is 23.9 Å². The number of rotatable bonds is 6. The van der Waals surface area contributed by atoms with Gasteiger partial charge in [-0.05, 0) is 81.7 Å². The van der Waals surface area contributed by atoms with Crippen molar-refractivity contribution in [2.45, 2.75) is 63.6 Å². The number of amides is 1. The maximum absolute atomic E-state index is 13.6. The molecule has 8 heteroatoms. The van der Waals surface area contributed by atoms with E-state index >= 15 is 0 Å². The molecule has 36 heavy (non-hydrogen) atoms. The highest BCUT2D eigenvalue weighted by Crippen LogP contribution is 2.35. The molecule has 2 aromatic carbocycles. The van der Waals surface area contributed by atoms with Crippen LogP contribution in [0.1, 0.15) is 49.7 Å². The highest BCUT2D eigenvalue weighted by molar-refractivity contribution is 7.99. The second-order valence-electron chi connectivity index (χ2n) is 9.72. The number of hydrogen-bond donors (Lipinski definition) is 0. The van der Waals surface area contributed by atoms with Crippen molar-refractivity contribution < 1.29 is 4.79 Å². The molecule has 2 heterocycles. The van der Waals surface area contributed by atoms with Crippen LogP contribution >= 0.6 is 11.8 Å². The van der Waals surface area contributed by atoms with E-state index in [2.05, 4.69) is 16.3 Å². The first kappa shape index (κ1) is 23.0. The fraction of sp³-hybridized carbons (Fsp3) is 0.357. The molecule has 0 bridgehead atoms. The number of aryl methyl sites for hydroxylation is 1. The predicted molar refractivity (Wildman–Crippen MR) is 143 cm³/mol. The molecule has 4 aromatic rings. The van der Waals surface area contributed by atoms with Crippen molar-refractivity contribution >= 4 is 34.3 Å². The normalized spacial score (nSPS) is 15.9. The molecule has 0 spiro atoms. The van der Waals surface area contributed by atoms with Crippen LogP contribution in [-0.4, -0.2) is 41.8 Å². The third-order valence-electron chi connectivity index (χ3n) is 7.29. The van der Waals surface area contributed by atoms with E-state index in [1.807, 2.05) is 65.6 Å². The van der Waals surface area contributed by atoms with Crippen LogP contribution in [-0.2, 0) is 4.79 Å². The lowest BCUT2D eigenvalue weighted by molar-refractivity contribution is -0.127. The second-order valence-corrected chi connectivity index (χ2v) is 10.7. The van der Waals surface area contributed by atoms with Gasteiger partial charge in [-0.1, -0.05) is 42.1 Å². The summed E-state index contributed by atoms with van der Waals surface area (Å²) in [5.41, 5.74) is 4.71. The van der Waals surface area contributed by atoms with Crippen LogP contribution in [0, 0.1) is 13.8 Å². The first-order valence-electron chi connectivity index (χ1n) is 12.6. The van der Waals surface area contributed by atoms with Crippen molar-refractivity contribution in [3.8, 4) is 5.69 Å². The number of allylic oxidation sites excluding steroid dienone is 2. The Kier molecular flexibility index (Phi) is 5.91. The Labute approximate surface area is 213 Å². The lowest BCUT2D eigenvalue weighted by Gasteiger charge is -2.27. The van der Waals surface area contributed by atoms with Crippen LogP contribution in [0.4, 0.5) is 0 Å². The van der Waals surface area contributed by atoms with Gasteiger partial charge in [0.1, 0.15) is 0 Å². The van der Waals surface area contributed by atoms with Crippen LogP contribution in [0.25, 0.3) is 22.4 Å². The zero-order valence-corrected chi connectivity index (χ0v) is 21.4. The quantitative estimate of drug-likeness (QED) is 0.341. The Morgan fingerprint density at radius 1 is 1.08 bits per heavy atom. The summed E-state index contributed by atoms with van der Waals surface area (Å²) in [5, 5.41) is 10.1. The van der Waals surface area contributed by atoms with Crippen molar-refractivity contribution in [2.24, 2.45) is 0 Å². The Balaban J connectivity index is 1.42. The third-order valence-corrected chi connectivity index (χ3v) is 8.21. The summed E-state index contributed by atoms with van der Waals surface area (Å²) >= 11 is 1.39. The molecule has 6 rings (SSSR count). The average Bonchev–Trinajstić information content (AvgIpc) is 3.64. The van der Waals surface area contributed by atoms with Gasteiger partial charge >= 0.3 is 0 Å². The lowest BCUT2D eigenvalue weighted by atomic mass is 10.0. The number of carbonyl (C=O) groups excluding carboxylic acids is 1. The zero-order valence-electron chi connectivity index (χ0n) is 20.6. The largest absolute Gasteiger partial charge is 0.313 e. The van der Waals surface area contributed by atoms with E-state index < -0.39 is 0 Å². The molecule has 0 aliphatic heterocycles. The number of fused-ring (bicyclic) bond motifs is 3. The van der Waals surface area contributed by atoms with Crippen molar-refractivity contribution in [1.29, 1.82) is 0 Å². The Morgan fingerprint density at radius 3 is 2.69 bits per heavy atom. The summed E-state index contributed by atoms with van der Waals surface area (Å²) < 4.78 is 3.56. The van der Waals surface area contributed by atoms with Crippen LogP contribution < -0.4 is 5.56 Å². The van der Waals surface area contributed by atoms with Crippen LogP contribution in [0.15, 0.2) is 64.2 Å². The maximum Gasteiger partial charge on any atom is 0.267 e. The first-order chi connectivity index (χ1) is 17.5. The molecule has 2 aliphatic rings. The minimum Gasteiger partial charge on any atom is -0.313 e.